The van der Waals surface area contributed by atoms with Crippen LogP contribution in [0.1, 0.15) is 26.7 Å². The molecule has 0 amide bonds. The number of hydrogen-bond acceptors (Lipinski definition) is 3. The van der Waals surface area contributed by atoms with Crippen LogP contribution < -0.4 is 4.40 Å². The molecule has 0 bridgehead atoms. The van der Waals surface area contributed by atoms with Crippen LogP contribution in [0.2, 0.25) is 17.3 Å². The number of rotatable bonds is 5. The summed E-state index contributed by atoms with van der Waals surface area (Å²) >= 11 is -1.72. The summed E-state index contributed by atoms with van der Waals surface area (Å²) in [5.74, 6) is 6.45. The molecule has 45 heavy (non-hydrogen) atoms. The van der Waals surface area contributed by atoms with Crippen LogP contribution in [0.4, 0.5) is 0 Å². The second kappa shape index (κ2) is 14.1. The first kappa shape index (κ1) is 31.2. The molecule has 0 unspecified atom stereocenters. The van der Waals surface area contributed by atoms with Crippen LogP contribution in [0.5, 0.6) is 0 Å². The molecule has 0 atom stereocenters. The van der Waals surface area contributed by atoms with Gasteiger partial charge in [0.15, 0.2) is 0 Å². The van der Waals surface area contributed by atoms with E-state index in [2.05, 4.69) is 75.8 Å². The molecule has 1 radical (unpaired) electrons. The summed E-state index contributed by atoms with van der Waals surface area (Å²) in [6, 6.07) is 43.1. The Kier molecular flexibility index (Phi) is 9.75. The third-order valence-corrected chi connectivity index (χ3v) is 12.0. The van der Waals surface area contributed by atoms with Crippen molar-refractivity contribution < 1.29 is 25.9 Å². The van der Waals surface area contributed by atoms with Crippen LogP contribution in [0.25, 0.3) is 55.6 Å². The van der Waals surface area contributed by atoms with E-state index in [0.717, 1.165) is 61.1 Å². The van der Waals surface area contributed by atoms with Crippen molar-refractivity contribution in [3.8, 4) is 33.6 Å². The number of hydrogen-bond donors (Lipinski definition) is 0. The molecule has 7 aromatic rings. The molecule has 0 aliphatic heterocycles. The number of pyridine rings is 2. The van der Waals surface area contributed by atoms with Gasteiger partial charge in [-0.3, -0.25) is 0 Å². The van der Waals surface area contributed by atoms with Crippen molar-refractivity contribution in [1.29, 1.82) is 0 Å². The second-order valence-corrected chi connectivity index (χ2v) is 22.8. The quantitative estimate of drug-likeness (QED) is 0.128. The fraction of sp³-hybridized carbons (Fsp3) is 0.150. The molecule has 4 aromatic carbocycles. The molecule has 0 aliphatic carbocycles. The molecular formula is C40H36GeIrN2O-2. The first-order chi connectivity index (χ1) is 21.6. The van der Waals surface area contributed by atoms with E-state index in [1.165, 1.54) is 4.40 Å². The summed E-state index contributed by atoms with van der Waals surface area (Å²) in [5.41, 5.74) is 8.51. The summed E-state index contributed by atoms with van der Waals surface area (Å²) in [6.45, 7) is 3.76. The normalized spacial score (nSPS) is 11.8. The number of nitrogens with zero attached hydrogens (tertiary/aromatic N) is 2. The van der Waals surface area contributed by atoms with Gasteiger partial charge < -0.3 is 9.40 Å². The third-order valence-electron chi connectivity index (χ3n) is 7.75. The largest absolute Gasteiger partial charge is 0 e. The van der Waals surface area contributed by atoms with Crippen molar-refractivity contribution in [3.05, 3.63) is 139 Å². The summed E-state index contributed by atoms with van der Waals surface area (Å²) in [7, 11) is 0. The van der Waals surface area contributed by atoms with Crippen LogP contribution >= 0.6 is 0 Å². The molecule has 0 aliphatic rings. The molecule has 227 valence electrons. The molecule has 0 spiro atoms. The van der Waals surface area contributed by atoms with Gasteiger partial charge in [-0.2, -0.15) is 0 Å². The molecule has 0 fully saturated rings. The van der Waals surface area contributed by atoms with E-state index >= 15 is 0 Å². The van der Waals surface area contributed by atoms with E-state index in [1.54, 1.807) is 6.20 Å². The van der Waals surface area contributed by atoms with E-state index in [-0.39, 0.29) is 20.1 Å². The standard InChI is InChI=1S/C26H20NO.C14H16GeN.Ir/c1-17(2)19-14-15-27-23(16-19)21-11-6-12-22-25-20(18-8-4-3-5-9-18)10-7-13-24(25)28-26(21)22;1-15(2,3)13-9-10-14(16-11-13)12-7-5-4-6-8-12;/h3-10,12-17H,1-2H3;4-7,9-11H,1-3H3;/q2*-1;/i17D;;. The fourth-order valence-electron chi connectivity index (χ4n) is 5.27. The SMILES string of the molecule is [2H]C(C)(C)c1ccnc(-c2[c-]ccc3c2oc2cccc(-c4ccccc4)c23)c1.[CH3][Ge]([CH3])([CH3])[c]1ccc(-c2[c-]cccc2)nc1.[Ir]. The van der Waals surface area contributed by atoms with Crippen molar-refractivity contribution >= 4 is 39.6 Å². The molecule has 0 saturated heterocycles. The number of furan rings is 1. The molecule has 0 saturated carbocycles. The zero-order valence-electron chi connectivity index (χ0n) is 27.2. The van der Waals surface area contributed by atoms with Crippen LogP contribution in [-0.4, -0.2) is 23.2 Å². The Balaban J connectivity index is 0.000000209. The maximum absolute atomic E-state index is 8.34. The van der Waals surface area contributed by atoms with Gasteiger partial charge in [-0.1, -0.05) is 78.9 Å². The van der Waals surface area contributed by atoms with Crippen molar-refractivity contribution in [1.82, 2.24) is 9.97 Å². The van der Waals surface area contributed by atoms with Gasteiger partial charge in [0.1, 0.15) is 5.58 Å². The van der Waals surface area contributed by atoms with E-state index < -0.39 is 19.2 Å². The maximum atomic E-state index is 8.34. The zero-order chi connectivity index (χ0) is 31.6. The Morgan fingerprint density at radius 3 is 2.27 bits per heavy atom. The van der Waals surface area contributed by atoms with E-state index in [1.807, 2.05) is 92.8 Å². The second-order valence-electron chi connectivity index (χ2n) is 12.1. The minimum Gasteiger partial charge on any atom is 0 e. The van der Waals surface area contributed by atoms with Gasteiger partial charge in [-0.15, -0.1) is 18.2 Å². The summed E-state index contributed by atoms with van der Waals surface area (Å²) in [4.78, 5) is 9.08. The zero-order valence-corrected chi connectivity index (χ0v) is 30.7. The Morgan fingerprint density at radius 2 is 1.58 bits per heavy atom. The summed E-state index contributed by atoms with van der Waals surface area (Å²) in [5, 5.41) is 2.14. The van der Waals surface area contributed by atoms with Gasteiger partial charge in [0.05, 0.1) is 5.58 Å². The van der Waals surface area contributed by atoms with Gasteiger partial charge in [0.2, 0.25) is 0 Å². The monoisotopic (exact) mass is 828 g/mol. The first-order valence-electron chi connectivity index (χ1n) is 15.4. The molecule has 5 heteroatoms. The average Bonchev–Trinajstić information content (AvgIpc) is 3.44. The van der Waals surface area contributed by atoms with Crippen molar-refractivity contribution in [2.45, 2.75) is 37.0 Å². The average molecular weight is 827 g/mol. The Bertz CT molecular complexity index is 2060. The topological polar surface area (TPSA) is 38.9 Å². The number of aromatic nitrogens is 2. The molecule has 0 N–H and O–H groups in total. The number of fused-ring (bicyclic) bond motifs is 3. The predicted molar refractivity (Wildman–Crippen MR) is 187 cm³/mol. The van der Waals surface area contributed by atoms with Gasteiger partial charge in [-0.05, 0) is 34.8 Å². The van der Waals surface area contributed by atoms with Gasteiger partial charge in [-0.25, -0.2) is 0 Å². The van der Waals surface area contributed by atoms with E-state index in [9.17, 15) is 0 Å². The molecule has 3 aromatic heterocycles. The smallest absolute Gasteiger partial charge is 0 e. The van der Waals surface area contributed by atoms with E-state index in [0.29, 0.717) is 0 Å². The van der Waals surface area contributed by atoms with Gasteiger partial charge in [0.25, 0.3) is 0 Å². The van der Waals surface area contributed by atoms with Gasteiger partial charge >= 0.3 is 99.8 Å². The fourth-order valence-corrected chi connectivity index (χ4v) is 7.44. The third kappa shape index (κ3) is 7.20. The molecule has 7 rings (SSSR count). The minimum absolute atomic E-state index is 0. The van der Waals surface area contributed by atoms with Crippen LogP contribution in [-0.2, 0) is 20.1 Å². The van der Waals surface area contributed by atoms with Crippen molar-refractivity contribution in [2.24, 2.45) is 0 Å². The van der Waals surface area contributed by atoms with Crippen LogP contribution in [0, 0.1) is 12.1 Å². The summed E-state index contributed by atoms with van der Waals surface area (Å²) < 4.78 is 16.1. The molecular weight excluding hydrogens is 789 g/mol. The van der Waals surface area contributed by atoms with Gasteiger partial charge in [0, 0.05) is 33.1 Å². The van der Waals surface area contributed by atoms with Crippen molar-refractivity contribution in [2.75, 3.05) is 0 Å². The molecule has 3 nitrogen and oxygen atoms in total. The van der Waals surface area contributed by atoms with Crippen LogP contribution in [0.15, 0.2) is 126 Å². The first-order valence-corrected chi connectivity index (χ1v) is 22.3. The Labute approximate surface area is 283 Å². The Morgan fingerprint density at radius 1 is 0.778 bits per heavy atom. The molecule has 3 heterocycles. The Hall–Kier alpha value is -3.83. The summed E-state index contributed by atoms with van der Waals surface area (Å²) in [6.07, 6.45) is 3.79. The maximum Gasteiger partial charge on any atom is 0 e. The van der Waals surface area contributed by atoms with Crippen molar-refractivity contribution in [3.63, 3.8) is 0 Å². The van der Waals surface area contributed by atoms with Crippen LogP contribution in [0.3, 0.4) is 0 Å². The van der Waals surface area contributed by atoms with E-state index in [4.69, 9.17) is 5.79 Å². The number of benzene rings is 4. The minimum atomic E-state index is -1.72. The predicted octanol–water partition coefficient (Wildman–Crippen LogP) is 10.3.